The van der Waals surface area contributed by atoms with E-state index in [0.717, 1.165) is 5.56 Å². The van der Waals surface area contributed by atoms with Crippen LogP contribution in [0.25, 0.3) is 11.0 Å². The zero-order chi connectivity index (χ0) is 23.0. The first-order chi connectivity index (χ1) is 15.2. The van der Waals surface area contributed by atoms with Crippen LogP contribution in [0.1, 0.15) is 24.9 Å². The molecule has 1 aromatic carbocycles. The molecular formula is C20H24Cl2N6O4. The number of nitrogens with zero attached hydrogens (tertiary/aromatic N) is 3. The van der Waals surface area contributed by atoms with Crippen LogP contribution < -0.4 is 16.2 Å². The van der Waals surface area contributed by atoms with Crippen LogP contribution in [-0.2, 0) is 6.54 Å². The maximum atomic E-state index is 12.8. The summed E-state index contributed by atoms with van der Waals surface area (Å²) in [5, 5.41) is 41.4. The highest BCUT2D eigenvalue weighted by molar-refractivity contribution is 6.42. The van der Waals surface area contributed by atoms with Crippen molar-refractivity contribution in [2.75, 3.05) is 11.9 Å². The van der Waals surface area contributed by atoms with Gasteiger partial charge < -0.3 is 26.0 Å². The molecule has 0 amide bonds. The number of hydrogen-bond acceptors (Lipinski definition) is 8. The predicted octanol–water partition coefficient (Wildman–Crippen LogP) is 1.04. The van der Waals surface area contributed by atoms with Gasteiger partial charge in [-0.25, -0.2) is 4.98 Å². The fourth-order valence-corrected chi connectivity index (χ4v) is 4.19. The topological polar surface area (TPSA) is 148 Å². The Morgan fingerprint density at radius 3 is 2.78 bits per heavy atom. The van der Waals surface area contributed by atoms with Gasteiger partial charge in [-0.3, -0.25) is 14.5 Å². The average Bonchev–Trinajstić information content (AvgIpc) is 3.15. The number of aliphatic hydroxyl groups excluding tert-OH is 3. The minimum atomic E-state index is -1.23. The molecule has 32 heavy (non-hydrogen) atoms. The third-order valence-electron chi connectivity index (χ3n) is 5.74. The number of halogens is 2. The molecule has 0 unspecified atom stereocenters. The van der Waals surface area contributed by atoms with E-state index in [1.165, 1.54) is 6.20 Å². The second kappa shape index (κ2) is 9.34. The van der Waals surface area contributed by atoms with Gasteiger partial charge in [0, 0.05) is 19.1 Å². The lowest BCUT2D eigenvalue weighted by molar-refractivity contribution is -0.0517. The van der Waals surface area contributed by atoms with Crippen LogP contribution in [0.15, 0.2) is 29.2 Å². The Hall–Kier alpha value is -2.21. The third-order valence-corrected chi connectivity index (χ3v) is 6.48. The number of aromatic amines is 1. The standard InChI is InChI=1S/C20H24Cl2N6O4/c1-9(13-5-15(29)18(31)16(30)8-23-13)28-17-14(7-25-28)26-20(27-19(17)32)24-6-10-2-3-11(21)12(22)4-10/h2-4,7,9,13,15-16,18,23,29-31H,5-6,8H2,1H3,(H2,24,26,27,32)/t9-,13+,15-,16+,18+/m1/s1. The highest BCUT2D eigenvalue weighted by Crippen LogP contribution is 2.24. The van der Waals surface area contributed by atoms with E-state index in [4.69, 9.17) is 23.2 Å². The summed E-state index contributed by atoms with van der Waals surface area (Å²) in [6.07, 6.45) is -1.71. The molecule has 1 saturated heterocycles. The normalized spacial score (nSPS) is 24.9. The molecule has 10 nitrogen and oxygen atoms in total. The third kappa shape index (κ3) is 4.61. The molecule has 172 valence electrons. The van der Waals surface area contributed by atoms with Crippen LogP contribution >= 0.6 is 23.2 Å². The Morgan fingerprint density at radius 2 is 2.03 bits per heavy atom. The van der Waals surface area contributed by atoms with Crippen LogP contribution in [0, 0.1) is 0 Å². The molecule has 1 fully saturated rings. The van der Waals surface area contributed by atoms with E-state index in [0.29, 0.717) is 27.6 Å². The molecule has 12 heteroatoms. The van der Waals surface area contributed by atoms with Crippen molar-refractivity contribution >= 4 is 40.2 Å². The Bertz CT molecular complexity index is 1170. The first kappa shape index (κ1) is 23.0. The maximum absolute atomic E-state index is 12.8. The van der Waals surface area contributed by atoms with Crippen molar-refractivity contribution in [3.8, 4) is 0 Å². The molecule has 1 aliphatic heterocycles. The van der Waals surface area contributed by atoms with Crippen molar-refractivity contribution in [3.63, 3.8) is 0 Å². The van der Waals surface area contributed by atoms with Gasteiger partial charge in [-0.15, -0.1) is 0 Å². The van der Waals surface area contributed by atoms with Gasteiger partial charge in [-0.2, -0.15) is 5.10 Å². The Kier molecular flexibility index (Phi) is 6.70. The number of anilines is 1. The van der Waals surface area contributed by atoms with Crippen LogP contribution in [0.3, 0.4) is 0 Å². The average molecular weight is 483 g/mol. The Morgan fingerprint density at radius 1 is 1.25 bits per heavy atom. The smallest absolute Gasteiger partial charge is 0.278 e. The lowest BCUT2D eigenvalue weighted by Gasteiger charge is -2.25. The molecule has 4 rings (SSSR count). The highest BCUT2D eigenvalue weighted by atomic mass is 35.5. The predicted molar refractivity (Wildman–Crippen MR) is 121 cm³/mol. The molecule has 0 aliphatic carbocycles. The van der Waals surface area contributed by atoms with E-state index >= 15 is 0 Å². The second-order valence-corrected chi connectivity index (χ2v) is 8.77. The highest BCUT2D eigenvalue weighted by Gasteiger charge is 2.34. The molecule has 6 N–H and O–H groups in total. The summed E-state index contributed by atoms with van der Waals surface area (Å²) in [7, 11) is 0. The van der Waals surface area contributed by atoms with Gasteiger partial charge in [0.2, 0.25) is 5.95 Å². The minimum Gasteiger partial charge on any atom is -0.390 e. The van der Waals surface area contributed by atoms with Crippen LogP contribution in [0.2, 0.25) is 10.0 Å². The van der Waals surface area contributed by atoms with E-state index in [1.807, 2.05) is 13.0 Å². The molecule has 1 aliphatic rings. The van der Waals surface area contributed by atoms with Gasteiger partial charge in [0.15, 0.2) is 5.52 Å². The number of hydrogen-bond donors (Lipinski definition) is 6. The number of aromatic nitrogens is 4. The van der Waals surface area contributed by atoms with Gasteiger partial charge in [0.25, 0.3) is 5.56 Å². The molecule has 0 bridgehead atoms. The number of nitrogens with one attached hydrogen (secondary N) is 3. The second-order valence-electron chi connectivity index (χ2n) is 7.96. The van der Waals surface area contributed by atoms with Crippen molar-refractivity contribution in [1.29, 1.82) is 0 Å². The molecule has 0 saturated carbocycles. The molecule has 0 radical (unpaired) electrons. The lowest BCUT2D eigenvalue weighted by Crippen LogP contribution is -2.40. The first-order valence-electron chi connectivity index (χ1n) is 10.2. The van der Waals surface area contributed by atoms with Crippen LogP contribution in [-0.4, -0.2) is 66.0 Å². The van der Waals surface area contributed by atoms with E-state index in [9.17, 15) is 20.1 Å². The largest absolute Gasteiger partial charge is 0.390 e. The molecular weight excluding hydrogens is 459 g/mol. The summed E-state index contributed by atoms with van der Waals surface area (Å²) in [5.41, 5.74) is 1.20. The van der Waals surface area contributed by atoms with E-state index in [1.54, 1.807) is 16.8 Å². The zero-order valence-corrected chi connectivity index (χ0v) is 18.7. The molecule has 3 aromatic rings. The summed E-state index contributed by atoms with van der Waals surface area (Å²) in [6.45, 7) is 2.34. The molecule has 0 spiro atoms. The number of H-pyrrole nitrogens is 1. The SMILES string of the molecule is C[C@H]([C@@H]1C[C@@H](O)[C@H](O)[C@@H](O)CN1)n1ncc2nc(NCc3ccc(Cl)c(Cl)c3)[nH]c(=O)c21. The summed E-state index contributed by atoms with van der Waals surface area (Å²) < 4.78 is 1.54. The first-order valence-corrected chi connectivity index (χ1v) is 10.9. The molecule has 2 aromatic heterocycles. The van der Waals surface area contributed by atoms with Crippen molar-refractivity contribution in [2.45, 2.75) is 50.3 Å². The van der Waals surface area contributed by atoms with E-state index < -0.39 is 18.3 Å². The quantitative estimate of drug-likeness (QED) is 0.316. The number of benzene rings is 1. The summed E-state index contributed by atoms with van der Waals surface area (Å²) in [5.74, 6) is 0.287. The van der Waals surface area contributed by atoms with Crippen molar-refractivity contribution in [3.05, 3.63) is 50.4 Å². The van der Waals surface area contributed by atoms with Crippen molar-refractivity contribution in [2.24, 2.45) is 0 Å². The van der Waals surface area contributed by atoms with Crippen molar-refractivity contribution in [1.82, 2.24) is 25.1 Å². The maximum Gasteiger partial charge on any atom is 0.278 e. The van der Waals surface area contributed by atoms with Gasteiger partial charge >= 0.3 is 0 Å². The number of β-amino-alcohol motifs (C(OH)–C–C–N with tert-alkyl or cyclic N) is 1. The molecule has 5 atom stereocenters. The van der Waals surface area contributed by atoms with E-state index in [-0.39, 0.29) is 36.6 Å². The van der Waals surface area contributed by atoms with Crippen LogP contribution in [0.5, 0.6) is 0 Å². The monoisotopic (exact) mass is 482 g/mol. The fraction of sp³-hybridized carbons (Fsp3) is 0.450. The Labute approximate surface area is 193 Å². The Balaban J connectivity index is 1.54. The molecule has 3 heterocycles. The number of aliphatic hydroxyl groups is 3. The van der Waals surface area contributed by atoms with E-state index in [2.05, 4.69) is 25.7 Å². The van der Waals surface area contributed by atoms with Crippen LogP contribution in [0.4, 0.5) is 5.95 Å². The minimum absolute atomic E-state index is 0.115. The summed E-state index contributed by atoms with van der Waals surface area (Å²) >= 11 is 12.0. The van der Waals surface area contributed by atoms with Gasteiger partial charge in [-0.05, 0) is 31.0 Å². The van der Waals surface area contributed by atoms with Gasteiger partial charge in [0.05, 0.1) is 34.5 Å². The van der Waals surface area contributed by atoms with Gasteiger partial charge in [0.1, 0.15) is 11.6 Å². The zero-order valence-electron chi connectivity index (χ0n) is 17.2. The lowest BCUT2D eigenvalue weighted by atomic mass is 10.0. The summed E-state index contributed by atoms with van der Waals surface area (Å²) in [6, 6.07) is 4.57. The number of fused-ring (bicyclic) bond motifs is 1. The fourth-order valence-electron chi connectivity index (χ4n) is 3.87. The number of rotatable bonds is 5. The van der Waals surface area contributed by atoms with Crippen molar-refractivity contribution < 1.29 is 15.3 Å². The van der Waals surface area contributed by atoms with Gasteiger partial charge in [-0.1, -0.05) is 29.3 Å². The summed E-state index contributed by atoms with van der Waals surface area (Å²) in [4.78, 5) is 20.0.